The minimum absolute atomic E-state index is 0.763. The molecule has 1 N–H and O–H groups in total. The van der Waals surface area contributed by atoms with Crippen LogP contribution in [0, 0.1) is 0 Å². The van der Waals surface area contributed by atoms with E-state index in [9.17, 15) is 0 Å². The summed E-state index contributed by atoms with van der Waals surface area (Å²) in [4.78, 5) is 10.9. The van der Waals surface area contributed by atoms with Crippen molar-refractivity contribution >= 4 is 33.1 Å². The molecule has 2 aromatic heterocycles. The molecule has 0 bridgehead atoms. The lowest BCUT2D eigenvalue weighted by Crippen LogP contribution is -1.99. The fourth-order valence-electron chi connectivity index (χ4n) is 2.26. The molecule has 4 nitrogen and oxygen atoms in total. The van der Waals surface area contributed by atoms with Crippen molar-refractivity contribution in [3.8, 4) is 10.4 Å². The molecule has 0 spiro atoms. The second kappa shape index (κ2) is 6.66. The Morgan fingerprint density at radius 2 is 2.05 bits per heavy atom. The zero-order chi connectivity index (χ0) is 15.4. The maximum absolute atomic E-state index is 4.40. The van der Waals surface area contributed by atoms with Gasteiger partial charge >= 0.3 is 0 Å². The highest BCUT2D eigenvalue weighted by atomic mass is 32.1. The predicted octanol–water partition coefficient (Wildman–Crippen LogP) is 4.95. The Hall–Kier alpha value is -2.27. The van der Waals surface area contributed by atoms with E-state index in [1.165, 1.54) is 10.4 Å². The van der Waals surface area contributed by atoms with Gasteiger partial charge in [-0.1, -0.05) is 43.7 Å². The molecule has 3 rings (SSSR count). The average molecular weight is 310 g/mol. The number of hydrazone groups is 1. The first-order valence-corrected chi connectivity index (χ1v) is 8.18. The van der Waals surface area contributed by atoms with Crippen molar-refractivity contribution < 1.29 is 0 Å². The minimum Gasteiger partial charge on any atom is -0.261 e. The van der Waals surface area contributed by atoms with Crippen LogP contribution < -0.4 is 5.43 Å². The molecule has 1 aromatic carbocycles. The van der Waals surface area contributed by atoms with Gasteiger partial charge in [-0.05, 0) is 25.0 Å². The highest BCUT2D eigenvalue weighted by Gasteiger charge is 2.09. The smallest absolute Gasteiger partial charge is 0.158 e. The van der Waals surface area contributed by atoms with Crippen LogP contribution in [0.1, 0.15) is 26.7 Å². The standard InChI is InChI=1S/C17H18N4S/c1-3-7-12(2)20-21-16-14-10-15(13-8-5-4-6-9-13)22-17(14)19-11-18-16/h4-6,8-11H,3,7H2,1-2H3,(H,18,19,21)/b20-12-. The lowest BCUT2D eigenvalue weighted by Gasteiger charge is -2.02. The number of nitrogens with zero attached hydrogens (tertiary/aromatic N) is 3. The van der Waals surface area contributed by atoms with Gasteiger partial charge in [0.25, 0.3) is 0 Å². The molecule has 0 aliphatic carbocycles. The number of hydrogen-bond donors (Lipinski definition) is 1. The molecule has 0 saturated carbocycles. The van der Waals surface area contributed by atoms with E-state index in [1.54, 1.807) is 17.7 Å². The number of aromatic nitrogens is 2. The molecule has 2 heterocycles. The van der Waals surface area contributed by atoms with Crippen molar-refractivity contribution in [3.63, 3.8) is 0 Å². The second-order valence-corrected chi connectivity index (χ2v) is 6.16. The molecular weight excluding hydrogens is 292 g/mol. The topological polar surface area (TPSA) is 50.2 Å². The molecule has 0 amide bonds. The van der Waals surface area contributed by atoms with Gasteiger partial charge in [0.15, 0.2) is 5.82 Å². The summed E-state index contributed by atoms with van der Waals surface area (Å²) in [5.41, 5.74) is 5.35. The highest BCUT2D eigenvalue weighted by molar-refractivity contribution is 7.21. The van der Waals surface area contributed by atoms with E-state index in [1.807, 2.05) is 25.1 Å². The fourth-order valence-corrected chi connectivity index (χ4v) is 3.26. The molecule has 0 radical (unpaired) electrons. The lowest BCUT2D eigenvalue weighted by atomic mass is 10.2. The van der Waals surface area contributed by atoms with Crippen LogP contribution in [0.15, 0.2) is 47.8 Å². The molecule has 3 aromatic rings. The lowest BCUT2D eigenvalue weighted by molar-refractivity contribution is 0.982. The Morgan fingerprint density at radius 1 is 1.23 bits per heavy atom. The normalized spacial score (nSPS) is 11.8. The van der Waals surface area contributed by atoms with E-state index in [0.29, 0.717) is 0 Å². The van der Waals surface area contributed by atoms with Crippen molar-refractivity contribution in [3.05, 3.63) is 42.7 Å². The Labute approximate surface area is 133 Å². The molecule has 0 unspecified atom stereocenters. The molecule has 0 saturated heterocycles. The molecule has 22 heavy (non-hydrogen) atoms. The van der Waals surface area contributed by atoms with Gasteiger partial charge in [0, 0.05) is 10.6 Å². The molecule has 0 fully saturated rings. The summed E-state index contributed by atoms with van der Waals surface area (Å²) in [5, 5.41) is 5.41. The minimum atomic E-state index is 0.763. The Morgan fingerprint density at radius 3 is 2.82 bits per heavy atom. The van der Waals surface area contributed by atoms with Gasteiger partial charge in [-0.25, -0.2) is 9.97 Å². The summed E-state index contributed by atoms with van der Waals surface area (Å²) in [6, 6.07) is 12.5. The third-order valence-electron chi connectivity index (χ3n) is 3.35. The van der Waals surface area contributed by atoms with Crippen molar-refractivity contribution in [2.45, 2.75) is 26.7 Å². The SMILES string of the molecule is CCC/C(C)=N\Nc1ncnc2sc(-c3ccccc3)cc12. The van der Waals surface area contributed by atoms with Gasteiger partial charge in [0.2, 0.25) is 0 Å². The first-order chi connectivity index (χ1) is 10.8. The zero-order valence-corrected chi connectivity index (χ0v) is 13.5. The summed E-state index contributed by atoms with van der Waals surface area (Å²) < 4.78 is 0. The molecule has 5 heteroatoms. The summed E-state index contributed by atoms with van der Waals surface area (Å²) in [6.07, 6.45) is 3.66. The number of nitrogens with one attached hydrogen (secondary N) is 1. The van der Waals surface area contributed by atoms with Crippen molar-refractivity contribution in [1.29, 1.82) is 0 Å². The van der Waals surface area contributed by atoms with Crippen LogP contribution in [0.4, 0.5) is 5.82 Å². The van der Waals surface area contributed by atoms with Crippen LogP contribution in [-0.2, 0) is 0 Å². The van der Waals surface area contributed by atoms with Crippen LogP contribution in [-0.4, -0.2) is 15.7 Å². The summed E-state index contributed by atoms with van der Waals surface area (Å²) >= 11 is 1.67. The van der Waals surface area contributed by atoms with E-state index >= 15 is 0 Å². The van der Waals surface area contributed by atoms with Crippen molar-refractivity contribution in [2.24, 2.45) is 5.10 Å². The summed E-state index contributed by atoms with van der Waals surface area (Å²) in [5.74, 6) is 0.763. The van der Waals surface area contributed by atoms with Crippen LogP contribution >= 0.6 is 11.3 Å². The van der Waals surface area contributed by atoms with E-state index in [-0.39, 0.29) is 0 Å². The predicted molar refractivity (Wildman–Crippen MR) is 94.5 cm³/mol. The van der Waals surface area contributed by atoms with Gasteiger partial charge < -0.3 is 0 Å². The van der Waals surface area contributed by atoms with Crippen molar-refractivity contribution in [2.75, 3.05) is 5.43 Å². The van der Waals surface area contributed by atoms with E-state index in [4.69, 9.17) is 0 Å². The number of hydrogen-bond acceptors (Lipinski definition) is 5. The largest absolute Gasteiger partial charge is 0.261 e. The van der Waals surface area contributed by atoms with Crippen LogP contribution in [0.5, 0.6) is 0 Å². The first-order valence-electron chi connectivity index (χ1n) is 7.37. The van der Waals surface area contributed by atoms with Crippen LogP contribution in [0.25, 0.3) is 20.7 Å². The van der Waals surface area contributed by atoms with Crippen molar-refractivity contribution in [1.82, 2.24) is 9.97 Å². The zero-order valence-electron chi connectivity index (χ0n) is 12.7. The van der Waals surface area contributed by atoms with E-state index in [2.05, 4.69) is 45.6 Å². The number of fused-ring (bicyclic) bond motifs is 1. The molecule has 112 valence electrons. The monoisotopic (exact) mass is 310 g/mol. The van der Waals surface area contributed by atoms with Gasteiger partial charge in [0.05, 0.1) is 5.39 Å². The number of anilines is 1. The number of benzene rings is 1. The summed E-state index contributed by atoms with van der Waals surface area (Å²) in [7, 11) is 0. The first kappa shape index (κ1) is 14.7. The van der Waals surface area contributed by atoms with E-state index < -0.39 is 0 Å². The third kappa shape index (κ3) is 3.14. The second-order valence-electron chi connectivity index (χ2n) is 5.13. The quantitative estimate of drug-likeness (QED) is 0.536. The maximum atomic E-state index is 4.40. The van der Waals surface area contributed by atoms with Gasteiger partial charge in [-0.15, -0.1) is 11.3 Å². The van der Waals surface area contributed by atoms with Crippen LogP contribution in [0.3, 0.4) is 0 Å². The molecule has 0 aliphatic heterocycles. The van der Waals surface area contributed by atoms with Crippen LogP contribution in [0.2, 0.25) is 0 Å². The van der Waals surface area contributed by atoms with Gasteiger partial charge in [0.1, 0.15) is 11.2 Å². The Kier molecular flexibility index (Phi) is 4.44. The third-order valence-corrected chi connectivity index (χ3v) is 4.44. The average Bonchev–Trinajstić information content (AvgIpc) is 2.99. The van der Waals surface area contributed by atoms with Gasteiger partial charge in [-0.3, -0.25) is 5.43 Å². The number of thiophene rings is 1. The maximum Gasteiger partial charge on any atom is 0.158 e. The number of rotatable bonds is 5. The Balaban J connectivity index is 1.95. The molecular formula is C17H18N4S. The van der Waals surface area contributed by atoms with E-state index in [0.717, 1.165) is 34.6 Å². The molecule has 0 aliphatic rings. The fraction of sp³-hybridized carbons (Fsp3) is 0.235. The van der Waals surface area contributed by atoms with Gasteiger partial charge in [-0.2, -0.15) is 5.10 Å². The molecule has 0 atom stereocenters. The Bertz CT molecular complexity index is 793. The highest BCUT2D eigenvalue weighted by Crippen LogP contribution is 2.34. The summed E-state index contributed by atoms with van der Waals surface area (Å²) in [6.45, 7) is 4.17.